The van der Waals surface area contributed by atoms with Gasteiger partial charge in [-0.05, 0) is 42.8 Å². The lowest BCUT2D eigenvalue weighted by Gasteiger charge is -2.20. The second kappa shape index (κ2) is 14.7. The number of aliphatic hydroxyl groups excluding tert-OH is 1. The molecular weight excluding hydrogens is 522 g/mol. The lowest BCUT2D eigenvalue weighted by atomic mass is 10.2. The highest BCUT2D eigenvalue weighted by molar-refractivity contribution is 7.95. The number of benzene rings is 2. The molecule has 0 bridgehead atoms. The van der Waals surface area contributed by atoms with Crippen molar-refractivity contribution in [1.82, 2.24) is 4.90 Å². The van der Waals surface area contributed by atoms with Gasteiger partial charge in [0, 0.05) is 30.2 Å². The molecule has 0 atom stereocenters. The van der Waals surface area contributed by atoms with Gasteiger partial charge in [-0.2, -0.15) is 4.33 Å². The van der Waals surface area contributed by atoms with Crippen molar-refractivity contribution in [3.8, 4) is 5.75 Å². The minimum atomic E-state index is -3.67. The van der Waals surface area contributed by atoms with Gasteiger partial charge in [-0.15, -0.1) is 4.33 Å². The van der Waals surface area contributed by atoms with Crippen LogP contribution in [0, 0.1) is 6.92 Å². The van der Waals surface area contributed by atoms with Crippen LogP contribution < -0.4 is 16.2 Å². The number of aliphatic hydroxyl groups is 1. The van der Waals surface area contributed by atoms with Crippen LogP contribution in [0.2, 0.25) is 0 Å². The van der Waals surface area contributed by atoms with E-state index in [1.807, 2.05) is 6.92 Å². The van der Waals surface area contributed by atoms with E-state index in [0.717, 1.165) is 22.5 Å². The minimum absolute atomic E-state index is 0.0324. The topological polar surface area (TPSA) is 176 Å². The van der Waals surface area contributed by atoms with E-state index in [2.05, 4.69) is 9.37 Å². The van der Waals surface area contributed by atoms with E-state index in [0.29, 0.717) is 30.0 Å². The van der Waals surface area contributed by atoms with Gasteiger partial charge in [0.25, 0.3) is 0 Å². The molecule has 0 spiro atoms. The largest absolute Gasteiger partial charge is 0.495 e. The molecule has 2 aromatic carbocycles. The lowest BCUT2D eigenvalue weighted by molar-refractivity contribution is -0.432. The smallest absolute Gasteiger partial charge is 0.179 e. The molecule has 0 amide bonds. The van der Waals surface area contributed by atoms with Crippen LogP contribution in [-0.2, 0) is 28.4 Å². The number of hydrogen-bond donors (Lipinski definition) is 4. The molecule has 2 rings (SSSR count). The van der Waals surface area contributed by atoms with Crippen molar-refractivity contribution in [3.05, 3.63) is 35.9 Å². The molecule has 0 aromatic heterocycles. The van der Waals surface area contributed by atoms with E-state index >= 15 is 0 Å². The zero-order valence-electron chi connectivity index (χ0n) is 19.2. The molecule has 6 N–H and O–H groups in total. The molecule has 0 saturated heterocycles. The number of nitrogen functional groups attached to an aromatic ring is 2. The Balaban J connectivity index is 1.86. The fourth-order valence-corrected chi connectivity index (χ4v) is 5.26. The van der Waals surface area contributed by atoms with Crippen LogP contribution in [-0.4, -0.2) is 69.4 Å². The molecule has 0 aliphatic heterocycles. The van der Waals surface area contributed by atoms with Crippen LogP contribution in [0.4, 0.5) is 11.4 Å². The second-order valence-corrected chi connectivity index (χ2v) is 10.7. The summed E-state index contributed by atoms with van der Waals surface area (Å²) in [5.74, 6) is 0.316. The fraction of sp³-hybridized carbons (Fsp3) is 0.400. The zero-order valence-corrected chi connectivity index (χ0v) is 21.7. The van der Waals surface area contributed by atoms with Crippen LogP contribution in [0.5, 0.6) is 5.75 Å². The first-order valence-electron chi connectivity index (χ1n) is 10.2. The summed E-state index contributed by atoms with van der Waals surface area (Å²) in [5.41, 5.74) is 13.3. The third kappa shape index (κ3) is 9.30. The highest BCUT2D eigenvalue weighted by Gasteiger charge is 2.19. The maximum atomic E-state index is 12.8. The Morgan fingerprint density at radius 3 is 2.43 bits per heavy atom. The fourth-order valence-electron chi connectivity index (χ4n) is 2.90. The molecule has 0 radical (unpaired) electrons. The van der Waals surface area contributed by atoms with Crippen molar-refractivity contribution in [3.63, 3.8) is 0 Å². The SMILES string of the molecule is COc1cc(SOOCCN(CCO)CCS(=O)(=O)c2ccc(N)c(SOOO)c2)c(C)cc1N. The van der Waals surface area contributed by atoms with E-state index in [1.54, 1.807) is 17.0 Å². The maximum Gasteiger partial charge on any atom is 0.179 e. The Morgan fingerprint density at radius 2 is 1.74 bits per heavy atom. The normalized spacial score (nSPS) is 11.8. The minimum Gasteiger partial charge on any atom is -0.495 e. The van der Waals surface area contributed by atoms with Gasteiger partial charge in [-0.25, -0.2) is 18.6 Å². The third-order valence-electron chi connectivity index (χ3n) is 4.78. The first-order valence-corrected chi connectivity index (χ1v) is 13.4. The molecule has 0 aliphatic carbocycles. The van der Waals surface area contributed by atoms with Crippen LogP contribution in [0.3, 0.4) is 0 Å². The molecule has 0 saturated carbocycles. The van der Waals surface area contributed by atoms with Crippen LogP contribution >= 0.6 is 24.1 Å². The van der Waals surface area contributed by atoms with Crippen molar-refractivity contribution in [2.24, 2.45) is 0 Å². The molecule has 15 heteroatoms. The highest BCUT2D eigenvalue weighted by atomic mass is 32.2. The van der Waals surface area contributed by atoms with Gasteiger partial charge in [0.1, 0.15) is 5.75 Å². The number of ether oxygens (including phenoxy) is 1. The molecule has 0 fully saturated rings. The summed E-state index contributed by atoms with van der Waals surface area (Å²) < 4.78 is 40.3. The van der Waals surface area contributed by atoms with Crippen molar-refractivity contribution >= 4 is 45.3 Å². The van der Waals surface area contributed by atoms with Gasteiger partial charge in [0.15, 0.2) is 9.84 Å². The summed E-state index contributed by atoms with van der Waals surface area (Å²) >= 11 is 1.58. The van der Waals surface area contributed by atoms with Gasteiger partial charge >= 0.3 is 0 Å². The molecule has 12 nitrogen and oxygen atoms in total. The van der Waals surface area contributed by atoms with Crippen molar-refractivity contribution in [2.75, 3.05) is 57.2 Å². The molecule has 2 aromatic rings. The summed E-state index contributed by atoms with van der Waals surface area (Å²) in [5, 5.41) is 21.2. The molecule has 196 valence electrons. The number of methoxy groups -OCH3 is 1. The average molecular weight is 552 g/mol. The number of anilines is 2. The first kappa shape index (κ1) is 29.4. The Kier molecular flexibility index (Phi) is 12.4. The summed E-state index contributed by atoms with van der Waals surface area (Å²) in [6, 6.07) is 7.64. The average Bonchev–Trinajstić information content (AvgIpc) is 2.82. The summed E-state index contributed by atoms with van der Waals surface area (Å²) in [4.78, 5) is 8.02. The Hall–Kier alpha value is -1.79. The van der Waals surface area contributed by atoms with Crippen molar-refractivity contribution in [1.29, 1.82) is 0 Å². The standard InChI is InChI=1S/C20H29N3O9S3/c1-14-11-17(22)18(28-2)13-19(14)33-31-29-9-6-23(5-8-24)7-10-35(26,27)15-3-4-16(21)20(12-15)34-32-30-25/h3-4,11-13,24-25H,5-10,21-22H2,1-2H3. The van der Waals surface area contributed by atoms with E-state index in [1.165, 1.54) is 25.3 Å². The molecule has 0 aliphatic rings. The van der Waals surface area contributed by atoms with Gasteiger partial charge in [0.2, 0.25) is 0 Å². The Bertz CT molecular complexity index is 1060. The maximum absolute atomic E-state index is 12.8. The van der Waals surface area contributed by atoms with Crippen LogP contribution in [0.1, 0.15) is 5.56 Å². The molecule has 0 unspecified atom stereocenters. The Labute approximate surface area is 212 Å². The van der Waals surface area contributed by atoms with Gasteiger partial charge in [-0.3, -0.25) is 4.90 Å². The number of hydrogen-bond acceptors (Lipinski definition) is 14. The lowest BCUT2D eigenvalue weighted by Crippen LogP contribution is -2.34. The summed E-state index contributed by atoms with van der Waals surface area (Å²) in [6.45, 7) is 2.59. The van der Waals surface area contributed by atoms with E-state index in [-0.39, 0.29) is 47.5 Å². The number of rotatable bonds is 16. The van der Waals surface area contributed by atoms with Gasteiger partial charge < -0.3 is 21.3 Å². The number of sulfone groups is 1. The van der Waals surface area contributed by atoms with Gasteiger partial charge in [0.05, 0.1) is 65.6 Å². The molecular formula is C20H29N3O9S3. The third-order valence-corrected chi connectivity index (χ3v) is 7.92. The van der Waals surface area contributed by atoms with Gasteiger partial charge in [-0.1, -0.05) is 5.04 Å². The van der Waals surface area contributed by atoms with Crippen LogP contribution in [0.15, 0.2) is 45.0 Å². The monoisotopic (exact) mass is 551 g/mol. The van der Waals surface area contributed by atoms with E-state index < -0.39 is 9.84 Å². The summed E-state index contributed by atoms with van der Waals surface area (Å²) in [6.07, 6.45) is 0. The van der Waals surface area contributed by atoms with Crippen LogP contribution in [0.25, 0.3) is 0 Å². The highest BCUT2D eigenvalue weighted by Crippen LogP contribution is 2.32. The van der Waals surface area contributed by atoms with E-state index in [4.69, 9.17) is 30.7 Å². The van der Waals surface area contributed by atoms with E-state index in [9.17, 15) is 13.5 Å². The van der Waals surface area contributed by atoms with Crippen molar-refractivity contribution < 1.29 is 42.1 Å². The van der Waals surface area contributed by atoms with Crippen molar-refractivity contribution in [2.45, 2.75) is 21.6 Å². The summed E-state index contributed by atoms with van der Waals surface area (Å²) in [7, 11) is -2.15. The zero-order chi connectivity index (χ0) is 25.8. The Morgan fingerprint density at radius 1 is 1.00 bits per heavy atom. The predicted octanol–water partition coefficient (Wildman–Crippen LogP) is 2.32. The second-order valence-electron chi connectivity index (χ2n) is 7.14. The number of aryl methyl sites for hydroxylation is 1. The first-order chi connectivity index (χ1) is 16.7. The number of nitrogens with two attached hydrogens (primary N) is 2. The molecule has 35 heavy (non-hydrogen) atoms. The molecule has 0 heterocycles. The number of nitrogens with zero attached hydrogens (tertiary/aromatic N) is 1. The quantitative estimate of drug-likeness (QED) is 0.0785. The predicted molar refractivity (Wildman–Crippen MR) is 132 cm³/mol.